The molecule has 2 rings (SSSR count). The van der Waals surface area contributed by atoms with Gasteiger partial charge in [-0.2, -0.15) is 0 Å². The van der Waals surface area contributed by atoms with Gasteiger partial charge in [0.25, 0.3) is 0 Å². The van der Waals surface area contributed by atoms with Gasteiger partial charge in [-0.1, -0.05) is 6.07 Å². The van der Waals surface area contributed by atoms with Gasteiger partial charge in [0.2, 0.25) is 0 Å². The zero-order valence-electron chi connectivity index (χ0n) is 10.4. The smallest absolute Gasteiger partial charge is 0.337 e. The summed E-state index contributed by atoms with van der Waals surface area (Å²) in [7, 11) is 0. The Morgan fingerprint density at radius 2 is 2.21 bits per heavy atom. The van der Waals surface area contributed by atoms with Crippen LogP contribution in [0.25, 0.3) is 0 Å². The molecule has 1 aromatic heterocycles. The SMILES string of the molecule is Cc1ccc(NCc2ncccc2C(=O)O)cc1I. The number of hydrogen-bond donors (Lipinski definition) is 2. The summed E-state index contributed by atoms with van der Waals surface area (Å²) < 4.78 is 1.17. The average molecular weight is 368 g/mol. The number of aryl methyl sites for hydroxylation is 1. The Morgan fingerprint density at radius 3 is 2.89 bits per heavy atom. The van der Waals surface area contributed by atoms with Crippen LogP contribution in [0.3, 0.4) is 0 Å². The lowest BCUT2D eigenvalue weighted by Gasteiger charge is -2.09. The van der Waals surface area contributed by atoms with E-state index in [0.717, 1.165) is 5.69 Å². The van der Waals surface area contributed by atoms with Crippen molar-refractivity contribution in [3.8, 4) is 0 Å². The van der Waals surface area contributed by atoms with Gasteiger partial charge in [-0.15, -0.1) is 0 Å². The van der Waals surface area contributed by atoms with Gasteiger partial charge in [0.15, 0.2) is 0 Å². The maximum atomic E-state index is 11.1. The van der Waals surface area contributed by atoms with Gasteiger partial charge in [0.1, 0.15) is 0 Å². The molecular weight excluding hydrogens is 355 g/mol. The fraction of sp³-hybridized carbons (Fsp3) is 0.143. The second kappa shape index (κ2) is 6.01. The molecule has 0 amide bonds. The number of benzene rings is 1. The molecule has 0 aliphatic heterocycles. The Kier molecular flexibility index (Phi) is 4.36. The summed E-state index contributed by atoms with van der Waals surface area (Å²) >= 11 is 2.27. The van der Waals surface area contributed by atoms with E-state index in [0.29, 0.717) is 12.2 Å². The maximum absolute atomic E-state index is 11.1. The highest BCUT2D eigenvalue weighted by Crippen LogP contribution is 2.18. The van der Waals surface area contributed by atoms with Crippen LogP contribution >= 0.6 is 22.6 Å². The Bertz CT molecular complexity index is 614. The fourth-order valence-electron chi connectivity index (χ4n) is 1.66. The van der Waals surface area contributed by atoms with Crippen molar-refractivity contribution in [2.45, 2.75) is 13.5 Å². The predicted molar refractivity (Wildman–Crippen MR) is 82.4 cm³/mol. The van der Waals surface area contributed by atoms with Crippen molar-refractivity contribution < 1.29 is 9.90 Å². The lowest BCUT2D eigenvalue weighted by molar-refractivity contribution is 0.0695. The number of anilines is 1. The summed E-state index contributed by atoms with van der Waals surface area (Å²) in [6, 6.07) is 9.22. The van der Waals surface area contributed by atoms with E-state index in [1.807, 2.05) is 25.1 Å². The Balaban J connectivity index is 2.14. The van der Waals surface area contributed by atoms with E-state index in [1.165, 1.54) is 9.13 Å². The molecule has 0 saturated heterocycles. The first-order valence-corrected chi connectivity index (χ1v) is 6.83. The van der Waals surface area contributed by atoms with Crippen molar-refractivity contribution in [3.05, 3.63) is 56.9 Å². The van der Waals surface area contributed by atoms with E-state index in [4.69, 9.17) is 5.11 Å². The topological polar surface area (TPSA) is 62.2 Å². The first-order chi connectivity index (χ1) is 9.08. The summed E-state index contributed by atoms with van der Waals surface area (Å²) in [5.41, 5.74) is 2.94. The zero-order valence-corrected chi connectivity index (χ0v) is 12.5. The van der Waals surface area contributed by atoms with E-state index in [9.17, 15) is 4.79 Å². The molecule has 0 aliphatic rings. The van der Waals surface area contributed by atoms with Crippen LogP contribution in [0, 0.1) is 10.5 Å². The van der Waals surface area contributed by atoms with E-state index in [-0.39, 0.29) is 5.56 Å². The van der Waals surface area contributed by atoms with Crippen molar-refractivity contribution in [1.29, 1.82) is 0 Å². The molecule has 98 valence electrons. The third-order valence-electron chi connectivity index (χ3n) is 2.75. The van der Waals surface area contributed by atoms with Crippen LogP contribution in [0.4, 0.5) is 5.69 Å². The number of carboxylic acid groups (broad SMARTS) is 1. The van der Waals surface area contributed by atoms with Crippen molar-refractivity contribution >= 4 is 34.2 Å². The number of pyridine rings is 1. The van der Waals surface area contributed by atoms with Crippen molar-refractivity contribution in [2.75, 3.05) is 5.32 Å². The van der Waals surface area contributed by atoms with Crippen molar-refractivity contribution in [2.24, 2.45) is 0 Å². The number of carboxylic acids is 1. The van der Waals surface area contributed by atoms with Gasteiger partial charge in [0, 0.05) is 15.5 Å². The molecule has 4 nitrogen and oxygen atoms in total. The number of rotatable bonds is 4. The number of carbonyl (C=O) groups is 1. The van der Waals surface area contributed by atoms with Crippen molar-refractivity contribution in [1.82, 2.24) is 4.98 Å². The molecule has 5 heteroatoms. The molecule has 19 heavy (non-hydrogen) atoms. The van der Waals surface area contributed by atoms with E-state index < -0.39 is 5.97 Å². The molecule has 2 N–H and O–H groups in total. The molecular formula is C14H13IN2O2. The van der Waals surface area contributed by atoms with Crippen LogP contribution in [0.15, 0.2) is 36.5 Å². The molecule has 0 bridgehead atoms. The van der Waals surface area contributed by atoms with Gasteiger partial charge in [0.05, 0.1) is 17.8 Å². The molecule has 0 aliphatic carbocycles. The minimum Gasteiger partial charge on any atom is -0.478 e. The quantitative estimate of drug-likeness (QED) is 0.813. The minimum atomic E-state index is -0.955. The third kappa shape index (κ3) is 3.44. The molecule has 1 heterocycles. The van der Waals surface area contributed by atoms with Gasteiger partial charge in [-0.3, -0.25) is 4.98 Å². The van der Waals surface area contributed by atoms with Gasteiger partial charge >= 0.3 is 5.97 Å². The monoisotopic (exact) mass is 368 g/mol. The van der Waals surface area contributed by atoms with Gasteiger partial charge in [-0.05, 0) is 59.3 Å². The molecule has 0 fully saturated rings. The van der Waals surface area contributed by atoms with E-state index in [2.05, 4.69) is 32.9 Å². The molecule has 0 saturated carbocycles. The van der Waals surface area contributed by atoms with Crippen molar-refractivity contribution in [3.63, 3.8) is 0 Å². The first kappa shape index (κ1) is 13.8. The largest absolute Gasteiger partial charge is 0.478 e. The average Bonchev–Trinajstić information content (AvgIpc) is 2.40. The van der Waals surface area contributed by atoms with Gasteiger partial charge < -0.3 is 10.4 Å². The molecule has 0 atom stereocenters. The maximum Gasteiger partial charge on any atom is 0.337 e. The number of hydrogen-bond acceptors (Lipinski definition) is 3. The molecule has 0 radical (unpaired) electrons. The normalized spacial score (nSPS) is 10.2. The number of aromatic nitrogens is 1. The summed E-state index contributed by atoms with van der Waals surface area (Å²) in [5.74, 6) is -0.955. The Hall–Kier alpha value is -1.63. The van der Waals surface area contributed by atoms with Crippen LogP contribution < -0.4 is 5.32 Å². The fourth-order valence-corrected chi connectivity index (χ4v) is 2.18. The summed E-state index contributed by atoms with van der Waals surface area (Å²) in [6.45, 7) is 2.44. The van der Waals surface area contributed by atoms with Crippen LogP contribution in [0.1, 0.15) is 21.6 Å². The summed E-state index contributed by atoms with van der Waals surface area (Å²) in [5, 5.41) is 12.3. The highest BCUT2D eigenvalue weighted by atomic mass is 127. The van der Waals surface area contributed by atoms with Crippen LogP contribution in [0.2, 0.25) is 0 Å². The lowest BCUT2D eigenvalue weighted by Crippen LogP contribution is -2.09. The highest BCUT2D eigenvalue weighted by molar-refractivity contribution is 14.1. The third-order valence-corrected chi connectivity index (χ3v) is 3.91. The number of halogens is 1. The number of nitrogens with one attached hydrogen (secondary N) is 1. The number of nitrogens with zero attached hydrogens (tertiary/aromatic N) is 1. The van der Waals surface area contributed by atoms with E-state index in [1.54, 1.807) is 18.3 Å². The predicted octanol–water partition coefficient (Wildman–Crippen LogP) is 3.30. The minimum absolute atomic E-state index is 0.233. The Labute approximate surface area is 125 Å². The highest BCUT2D eigenvalue weighted by Gasteiger charge is 2.10. The molecule has 1 aromatic carbocycles. The zero-order chi connectivity index (χ0) is 13.8. The van der Waals surface area contributed by atoms with E-state index >= 15 is 0 Å². The molecule has 2 aromatic rings. The molecule has 0 spiro atoms. The van der Waals surface area contributed by atoms with Gasteiger partial charge in [-0.25, -0.2) is 4.79 Å². The van der Waals surface area contributed by atoms with Crippen LogP contribution in [0.5, 0.6) is 0 Å². The van der Waals surface area contributed by atoms with Crippen LogP contribution in [-0.2, 0) is 6.54 Å². The molecule has 0 unspecified atom stereocenters. The second-order valence-electron chi connectivity index (χ2n) is 4.12. The first-order valence-electron chi connectivity index (χ1n) is 5.75. The summed E-state index contributed by atoms with van der Waals surface area (Å²) in [6.07, 6.45) is 1.60. The number of aromatic carboxylic acids is 1. The van der Waals surface area contributed by atoms with Crippen LogP contribution in [-0.4, -0.2) is 16.1 Å². The Morgan fingerprint density at radius 1 is 1.42 bits per heavy atom. The second-order valence-corrected chi connectivity index (χ2v) is 5.28. The summed E-state index contributed by atoms with van der Waals surface area (Å²) in [4.78, 5) is 15.2. The lowest BCUT2D eigenvalue weighted by atomic mass is 10.2. The standard InChI is InChI=1S/C14H13IN2O2/c1-9-4-5-10(7-12(9)15)17-8-13-11(14(18)19)3-2-6-16-13/h2-7,17H,8H2,1H3,(H,18,19).